The highest BCUT2D eigenvalue weighted by Crippen LogP contribution is 2.28. The summed E-state index contributed by atoms with van der Waals surface area (Å²) in [5, 5.41) is 3.06. The van der Waals surface area contributed by atoms with E-state index in [1.54, 1.807) is 18.1 Å². The molecule has 1 saturated heterocycles. The normalized spacial score (nSPS) is 23.2. The number of ether oxygens (including phenoxy) is 1. The molecule has 1 aliphatic heterocycles. The van der Waals surface area contributed by atoms with Crippen LogP contribution in [0.2, 0.25) is 0 Å². The topological polar surface area (TPSA) is 91.5 Å². The molecule has 1 aromatic heterocycles. The van der Waals surface area contributed by atoms with Crippen LogP contribution in [-0.4, -0.2) is 48.5 Å². The summed E-state index contributed by atoms with van der Waals surface area (Å²) in [6.45, 7) is 1.44. The minimum atomic E-state index is -0.317. The van der Waals surface area contributed by atoms with E-state index in [9.17, 15) is 14.4 Å². The van der Waals surface area contributed by atoms with Crippen molar-refractivity contribution < 1.29 is 14.3 Å². The maximum Gasteiger partial charge on any atom is 0.248 e. The lowest BCUT2D eigenvalue weighted by Gasteiger charge is -2.27. The Morgan fingerprint density at radius 3 is 3.04 bits per heavy atom. The Morgan fingerprint density at radius 2 is 2.25 bits per heavy atom. The minimum absolute atomic E-state index is 0.000532. The van der Waals surface area contributed by atoms with Crippen molar-refractivity contribution >= 4 is 11.8 Å². The maximum atomic E-state index is 12.6. The highest BCUT2D eigenvalue weighted by atomic mass is 16.5. The zero-order valence-corrected chi connectivity index (χ0v) is 13.8. The fourth-order valence-corrected chi connectivity index (χ4v) is 3.51. The number of hydrogen-bond acceptors (Lipinski definition) is 4. The van der Waals surface area contributed by atoms with Crippen LogP contribution >= 0.6 is 0 Å². The molecule has 0 bridgehead atoms. The number of carbonyl (C=O) groups excluding carboxylic acids is 2. The van der Waals surface area contributed by atoms with Gasteiger partial charge in [0.15, 0.2) is 0 Å². The van der Waals surface area contributed by atoms with Crippen molar-refractivity contribution in [1.29, 1.82) is 0 Å². The summed E-state index contributed by atoms with van der Waals surface area (Å²) >= 11 is 0. The molecule has 0 spiro atoms. The molecular formula is C17H23N3O4. The van der Waals surface area contributed by atoms with E-state index in [0.717, 1.165) is 30.5 Å². The first-order valence-electron chi connectivity index (χ1n) is 8.37. The number of carbonyl (C=O) groups is 2. The van der Waals surface area contributed by atoms with E-state index >= 15 is 0 Å². The number of methoxy groups -OCH3 is 1. The first-order valence-corrected chi connectivity index (χ1v) is 8.37. The molecule has 3 rings (SSSR count). The number of nitrogens with zero attached hydrogens (tertiary/aromatic N) is 1. The highest BCUT2D eigenvalue weighted by molar-refractivity contribution is 5.89. The Bertz CT molecular complexity index is 685. The molecular weight excluding hydrogens is 310 g/mol. The standard InChI is InChI=1S/C17H23N3O4/c1-24-8-7-20-10-11(9-16(20)22)17(23)19-14-4-2-3-13-12(14)5-6-15(21)18-13/h5-6,11,14H,2-4,7-10H2,1H3,(H,18,21)(H,19,23)/t11-,14-/m1/s1. The van der Waals surface area contributed by atoms with Crippen LogP contribution in [0.1, 0.15) is 36.6 Å². The molecule has 130 valence electrons. The maximum absolute atomic E-state index is 12.6. The second kappa shape index (κ2) is 7.17. The average molecular weight is 333 g/mol. The van der Waals surface area contributed by atoms with E-state index in [4.69, 9.17) is 4.74 Å². The third-order valence-corrected chi connectivity index (χ3v) is 4.80. The van der Waals surface area contributed by atoms with Crippen LogP contribution in [0.15, 0.2) is 16.9 Å². The van der Waals surface area contributed by atoms with Gasteiger partial charge in [-0.15, -0.1) is 0 Å². The van der Waals surface area contributed by atoms with Crippen LogP contribution in [0.25, 0.3) is 0 Å². The van der Waals surface area contributed by atoms with Gasteiger partial charge in [0.05, 0.1) is 18.6 Å². The SMILES string of the molecule is COCCN1C[C@H](C(=O)N[C@@H]2CCCc3[nH]c(=O)ccc32)CC1=O. The van der Waals surface area contributed by atoms with Crippen LogP contribution in [0.4, 0.5) is 0 Å². The van der Waals surface area contributed by atoms with E-state index in [-0.39, 0.29) is 35.8 Å². The first-order chi connectivity index (χ1) is 11.6. The fourth-order valence-electron chi connectivity index (χ4n) is 3.51. The van der Waals surface area contributed by atoms with Crippen LogP contribution in [0.5, 0.6) is 0 Å². The Balaban J connectivity index is 1.64. The molecule has 0 radical (unpaired) electrons. The van der Waals surface area contributed by atoms with Crippen LogP contribution in [0, 0.1) is 5.92 Å². The van der Waals surface area contributed by atoms with Crippen molar-refractivity contribution in [2.75, 3.05) is 26.8 Å². The summed E-state index contributed by atoms with van der Waals surface area (Å²) in [6.07, 6.45) is 2.84. The van der Waals surface area contributed by atoms with Gasteiger partial charge in [0.25, 0.3) is 0 Å². The van der Waals surface area contributed by atoms with Gasteiger partial charge < -0.3 is 19.9 Å². The Kier molecular flexibility index (Phi) is 4.99. The zero-order valence-electron chi connectivity index (χ0n) is 13.8. The van der Waals surface area contributed by atoms with Gasteiger partial charge in [-0.05, 0) is 30.9 Å². The van der Waals surface area contributed by atoms with Gasteiger partial charge in [-0.2, -0.15) is 0 Å². The minimum Gasteiger partial charge on any atom is -0.383 e. The predicted octanol–water partition coefficient (Wildman–Crippen LogP) is 0.363. The number of aromatic nitrogens is 1. The third kappa shape index (κ3) is 3.51. The average Bonchev–Trinajstić information content (AvgIpc) is 2.94. The van der Waals surface area contributed by atoms with E-state index < -0.39 is 0 Å². The lowest BCUT2D eigenvalue weighted by molar-refractivity contribution is -0.129. The van der Waals surface area contributed by atoms with Gasteiger partial charge in [0.2, 0.25) is 17.4 Å². The summed E-state index contributed by atoms with van der Waals surface area (Å²) in [5.74, 6) is -0.407. The molecule has 24 heavy (non-hydrogen) atoms. The van der Waals surface area contributed by atoms with Gasteiger partial charge in [0, 0.05) is 38.4 Å². The highest BCUT2D eigenvalue weighted by Gasteiger charge is 2.35. The van der Waals surface area contributed by atoms with Gasteiger partial charge in [0.1, 0.15) is 0 Å². The van der Waals surface area contributed by atoms with Crippen LogP contribution in [0.3, 0.4) is 0 Å². The van der Waals surface area contributed by atoms with Crippen molar-refractivity contribution in [2.24, 2.45) is 5.92 Å². The van der Waals surface area contributed by atoms with E-state index in [1.165, 1.54) is 6.07 Å². The molecule has 1 fully saturated rings. The zero-order chi connectivity index (χ0) is 17.1. The van der Waals surface area contributed by atoms with Crippen molar-refractivity contribution in [1.82, 2.24) is 15.2 Å². The molecule has 7 heteroatoms. The number of H-pyrrole nitrogens is 1. The second-order valence-corrected chi connectivity index (χ2v) is 6.44. The number of hydrogen-bond donors (Lipinski definition) is 2. The van der Waals surface area contributed by atoms with Crippen LogP contribution in [-0.2, 0) is 20.7 Å². The molecule has 1 aliphatic carbocycles. The lowest BCUT2D eigenvalue weighted by atomic mass is 9.91. The van der Waals surface area contributed by atoms with Crippen LogP contribution < -0.4 is 10.9 Å². The number of likely N-dealkylation sites (tertiary alicyclic amines) is 1. The number of nitrogens with one attached hydrogen (secondary N) is 2. The molecule has 2 aliphatic rings. The summed E-state index contributed by atoms with van der Waals surface area (Å²) in [6, 6.07) is 3.19. The monoisotopic (exact) mass is 333 g/mol. The number of aryl methyl sites for hydroxylation is 1. The molecule has 0 aromatic carbocycles. The Hall–Kier alpha value is -2.15. The summed E-state index contributed by atoms with van der Waals surface area (Å²) < 4.78 is 4.99. The summed E-state index contributed by atoms with van der Waals surface area (Å²) in [4.78, 5) is 40.5. The summed E-state index contributed by atoms with van der Waals surface area (Å²) in [5.41, 5.74) is 1.77. The number of rotatable bonds is 5. The number of fused-ring (bicyclic) bond motifs is 1. The van der Waals surface area contributed by atoms with Gasteiger partial charge in [-0.25, -0.2) is 0 Å². The number of pyridine rings is 1. The fraction of sp³-hybridized carbons (Fsp3) is 0.588. The molecule has 7 nitrogen and oxygen atoms in total. The quantitative estimate of drug-likeness (QED) is 0.814. The van der Waals surface area contributed by atoms with Crippen molar-refractivity contribution in [3.05, 3.63) is 33.7 Å². The molecule has 2 heterocycles. The Morgan fingerprint density at radius 1 is 1.42 bits per heavy atom. The van der Waals surface area contributed by atoms with E-state index in [1.807, 2.05) is 0 Å². The number of aromatic amines is 1. The molecule has 1 aromatic rings. The van der Waals surface area contributed by atoms with Gasteiger partial charge in [-0.1, -0.05) is 0 Å². The smallest absolute Gasteiger partial charge is 0.248 e. The molecule has 2 amide bonds. The first kappa shape index (κ1) is 16.7. The molecule has 2 atom stereocenters. The Labute approximate surface area is 140 Å². The van der Waals surface area contributed by atoms with Gasteiger partial charge >= 0.3 is 0 Å². The van der Waals surface area contributed by atoms with Crippen molar-refractivity contribution in [2.45, 2.75) is 31.7 Å². The predicted molar refractivity (Wildman–Crippen MR) is 87.4 cm³/mol. The third-order valence-electron chi connectivity index (χ3n) is 4.80. The van der Waals surface area contributed by atoms with Crippen molar-refractivity contribution in [3.63, 3.8) is 0 Å². The molecule has 0 saturated carbocycles. The summed E-state index contributed by atoms with van der Waals surface area (Å²) in [7, 11) is 1.59. The van der Waals surface area contributed by atoms with Gasteiger partial charge in [-0.3, -0.25) is 14.4 Å². The largest absolute Gasteiger partial charge is 0.383 e. The van der Waals surface area contributed by atoms with E-state index in [0.29, 0.717) is 19.7 Å². The molecule has 0 unspecified atom stereocenters. The lowest BCUT2D eigenvalue weighted by Crippen LogP contribution is -2.37. The number of amides is 2. The second-order valence-electron chi connectivity index (χ2n) is 6.44. The van der Waals surface area contributed by atoms with E-state index in [2.05, 4.69) is 10.3 Å². The van der Waals surface area contributed by atoms with Crippen molar-refractivity contribution in [3.8, 4) is 0 Å². The molecule has 2 N–H and O–H groups in total.